The minimum absolute atomic E-state index is 0.169. The normalized spacial score (nSPS) is 34.1. The second-order valence-electron chi connectivity index (χ2n) is 6.83. The van der Waals surface area contributed by atoms with Crippen LogP contribution in [-0.2, 0) is 4.79 Å². The van der Waals surface area contributed by atoms with Gasteiger partial charge in [-0.3, -0.25) is 4.79 Å². The van der Waals surface area contributed by atoms with E-state index < -0.39 is 0 Å². The molecule has 0 aromatic carbocycles. The summed E-state index contributed by atoms with van der Waals surface area (Å²) in [5, 5.41) is 3.66. The van der Waals surface area contributed by atoms with Gasteiger partial charge in [-0.25, -0.2) is 0 Å². The van der Waals surface area contributed by atoms with Crippen molar-refractivity contribution in [1.29, 1.82) is 0 Å². The van der Waals surface area contributed by atoms with Gasteiger partial charge in [0.2, 0.25) is 5.91 Å². The van der Waals surface area contributed by atoms with Crippen molar-refractivity contribution in [3.05, 3.63) is 0 Å². The van der Waals surface area contributed by atoms with E-state index in [2.05, 4.69) is 26.1 Å². The SMILES string of the molecule is CC(C)(C)N[C@H]1CC[C@@H](N2CCC(N)C2=O)CC1. The summed E-state index contributed by atoms with van der Waals surface area (Å²) in [5.41, 5.74) is 5.97. The van der Waals surface area contributed by atoms with Crippen LogP contribution >= 0.6 is 0 Å². The van der Waals surface area contributed by atoms with E-state index in [1.165, 1.54) is 12.8 Å². The zero-order chi connectivity index (χ0) is 13.3. The second-order valence-corrected chi connectivity index (χ2v) is 6.83. The van der Waals surface area contributed by atoms with Gasteiger partial charge in [-0.1, -0.05) is 0 Å². The van der Waals surface area contributed by atoms with E-state index in [4.69, 9.17) is 5.73 Å². The molecule has 0 radical (unpaired) electrons. The molecule has 2 rings (SSSR count). The Morgan fingerprint density at radius 1 is 1.17 bits per heavy atom. The second kappa shape index (κ2) is 5.17. The number of hydrogen-bond donors (Lipinski definition) is 2. The molecule has 2 aliphatic rings. The first kappa shape index (κ1) is 13.8. The Hall–Kier alpha value is -0.610. The highest BCUT2D eigenvalue weighted by Crippen LogP contribution is 2.27. The van der Waals surface area contributed by atoms with E-state index in [-0.39, 0.29) is 17.5 Å². The summed E-state index contributed by atoms with van der Waals surface area (Å²) in [4.78, 5) is 13.9. The maximum Gasteiger partial charge on any atom is 0.239 e. The third kappa shape index (κ3) is 3.23. The third-order valence-electron chi connectivity index (χ3n) is 4.06. The fourth-order valence-corrected chi connectivity index (χ4v) is 3.23. The van der Waals surface area contributed by atoms with Crippen molar-refractivity contribution in [2.45, 2.75) is 76.5 Å². The summed E-state index contributed by atoms with van der Waals surface area (Å²) in [7, 11) is 0. The van der Waals surface area contributed by atoms with Crippen LogP contribution in [0.3, 0.4) is 0 Å². The van der Waals surface area contributed by atoms with E-state index in [0.717, 1.165) is 25.8 Å². The molecule has 4 heteroatoms. The topological polar surface area (TPSA) is 58.4 Å². The Labute approximate surface area is 110 Å². The lowest BCUT2D eigenvalue weighted by molar-refractivity contribution is -0.131. The molecular formula is C14H27N3O. The van der Waals surface area contributed by atoms with E-state index in [1.54, 1.807) is 0 Å². The number of carbonyl (C=O) groups excluding carboxylic acids is 1. The minimum atomic E-state index is -0.240. The molecular weight excluding hydrogens is 226 g/mol. The first-order valence-corrected chi connectivity index (χ1v) is 7.20. The Morgan fingerprint density at radius 2 is 1.78 bits per heavy atom. The quantitative estimate of drug-likeness (QED) is 0.778. The molecule has 0 bridgehead atoms. The number of amides is 1. The molecule has 104 valence electrons. The number of rotatable bonds is 2. The Balaban J connectivity index is 1.82. The summed E-state index contributed by atoms with van der Waals surface area (Å²) in [5.74, 6) is 0.169. The van der Waals surface area contributed by atoms with Crippen LogP contribution in [0.4, 0.5) is 0 Å². The van der Waals surface area contributed by atoms with Gasteiger partial charge >= 0.3 is 0 Å². The average Bonchev–Trinajstić information content (AvgIpc) is 2.59. The van der Waals surface area contributed by atoms with E-state index >= 15 is 0 Å². The highest BCUT2D eigenvalue weighted by Gasteiger charge is 2.35. The lowest BCUT2D eigenvalue weighted by atomic mass is 9.89. The lowest BCUT2D eigenvalue weighted by Gasteiger charge is -2.37. The molecule has 1 heterocycles. The number of nitrogens with two attached hydrogens (primary N) is 1. The summed E-state index contributed by atoms with van der Waals surface area (Å²) in [6, 6.07) is 0.798. The number of nitrogens with zero attached hydrogens (tertiary/aromatic N) is 1. The molecule has 1 aliphatic heterocycles. The largest absolute Gasteiger partial charge is 0.338 e. The predicted molar refractivity (Wildman–Crippen MR) is 73.2 cm³/mol. The first-order valence-electron chi connectivity index (χ1n) is 7.20. The average molecular weight is 253 g/mol. The van der Waals surface area contributed by atoms with Crippen LogP contribution in [0.2, 0.25) is 0 Å². The number of likely N-dealkylation sites (tertiary alicyclic amines) is 1. The van der Waals surface area contributed by atoms with Crippen LogP contribution in [-0.4, -0.2) is 41.0 Å². The zero-order valence-electron chi connectivity index (χ0n) is 11.9. The highest BCUT2D eigenvalue weighted by atomic mass is 16.2. The van der Waals surface area contributed by atoms with Crippen molar-refractivity contribution in [1.82, 2.24) is 10.2 Å². The van der Waals surface area contributed by atoms with E-state index in [9.17, 15) is 4.79 Å². The molecule has 1 aliphatic carbocycles. The molecule has 1 saturated heterocycles. The van der Waals surface area contributed by atoms with Crippen molar-refractivity contribution in [3.8, 4) is 0 Å². The van der Waals surface area contributed by atoms with Crippen LogP contribution in [0.25, 0.3) is 0 Å². The summed E-state index contributed by atoms with van der Waals surface area (Å²) < 4.78 is 0. The van der Waals surface area contributed by atoms with Crippen molar-refractivity contribution >= 4 is 5.91 Å². The van der Waals surface area contributed by atoms with Gasteiger partial charge in [-0.15, -0.1) is 0 Å². The fraction of sp³-hybridized carbons (Fsp3) is 0.929. The van der Waals surface area contributed by atoms with Gasteiger partial charge in [0.15, 0.2) is 0 Å². The Kier molecular flexibility index (Phi) is 3.97. The smallest absolute Gasteiger partial charge is 0.239 e. The molecule has 4 nitrogen and oxygen atoms in total. The van der Waals surface area contributed by atoms with Crippen molar-refractivity contribution in [3.63, 3.8) is 0 Å². The van der Waals surface area contributed by atoms with Crippen LogP contribution in [0.15, 0.2) is 0 Å². The maximum absolute atomic E-state index is 11.9. The molecule has 1 amide bonds. The molecule has 0 aromatic heterocycles. The molecule has 1 atom stereocenters. The summed E-state index contributed by atoms with van der Waals surface area (Å²) in [6.07, 6.45) is 5.40. The maximum atomic E-state index is 11.9. The molecule has 2 fully saturated rings. The summed E-state index contributed by atoms with van der Waals surface area (Å²) >= 11 is 0. The van der Waals surface area contributed by atoms with Crippen LogP contribution in [0.5, 0.6) is 0 Å². The van der Waals surface area contributed by atoms with Gasteiger partial charge in [0.25, 0.3) is 0 Å². The molecule has 0 aromatic rings. The monoisotopic (exact) mass is 253 g/mol. The zero-order valence-corrected chi connectivity index (χ0v) is 11.9. The van der Waals surface area contributed by atoms with Gasteiger partial charge in [-0.05, 0) is 52.9 Å². The van der Waals surface area contributed by atoms with Gasteiger partial charge in [0, 0.05) is 24.2 Å². The number of nitrogens with one attached hydrogen (secondary N) is 1. The Bertz CT molecular complexity index is 303. The highest BCUT2D eigenvalue weighted by molar-refractivity contribution is 5.84. The molecule has 0 spiro atoms. The lowest BCUT2D eigenvalue weighted by Crippen LogP contribution is -2.49. The van der Waals surface area contributed by atoms with Gasteiger partial charge < -0.3 is 16.0 Å². The summed E-state index contributed by atoms with van der Waals surface area (Å²) in [6.45, 7) is 7.49. The van der Waals surface area contributed by atoms with Crippen molar-refractivity contribution in [2.75, 3.05) is 6.54 Å². The van der Waals surface area contributed by atoms with Crippen molar-refractivity contribution in [2.24, 2.45) is 5.73 Å². The number of carbonyl (C=O) groups is 1. The van der Waals surface area contributed by atoms with Gasteiger partial charge in [0.05, 0.1) is 6.04 Å². The third-order valence-corrected chi connectivity index (χ3v) is 4.06. The van der Waals surface area contributed by atoms with Crippen molar-refractivity contribution < 1.29 is 4.79 Å². The van der Waals surface area contributed by atoms with Crippen LogP contribution in [0, 0.1) is 0 Å². The van der Waals surface area contributed by atoms with Crippen LogP contribution < -0.4 is 11.1 Å². The van der Waals surface area contributed by atoms with Gasteiger partial charge in [-0.2, -0.15) is 0 Å². The molecule has 1 unspecified atom stereocenters. The first-order chi connectivity index (χ1) is 8.37. The minimum Gasteiger partial charge on any atom is -0.338 e. The van der Waals surface area contributed by atoms with Gasteiger partial charge in [0.1, 0.15) is 0 Å². The molecule has 18 heavy (non-hydrogen) atoms. The number of hydrogen-bond acceptors (Lipinski definition) is 3. The van der Waals surface area contributed by atoms with E-state index in [1.807, 2.05) is 4.90 Å². The van der Waals surface area contributed by atoms with Crippen LogP contribution in [0.1, 0.15) is 52.9 Å². The molecule has 3 N–H and O–H groups in total. The Morgan fingerprint density at radius 3 is 2.22 bits per heavy atom. The predicted octanol–water partition coefficient (Wildman–Crippen LogP) is 1.25. The van der Waals surface area contributed by atoms with E-state index in [0.29, 0.717) is 12.1 Å². The molecule has 1 saturated carbocycles. The standard InChI is InChI=1S/C14H27N3O/c1-14(2,3)16-10-4-6-11(7-5-10)17-9-8-12(15)13(17)18/h10-12,16H,4-9,15H2,1-3H3/t10-,11+,12?. The fourth-order valence-electron chi connectivity index (χ4n) is 3.23.